The molecule has 0 N–H and O–H groups in total. The van der Waals surface area contributed by atoms with E-state index in [1.807, 2.05) is 24.3 Å². The average Bonchev–Trinajstić information content (AvgIpc) is 2.38. The standard InChI is InChI=1S/C15H13FO/c1-2-11-6-8-12(9-7-11)13-4-3-5-15(16)14(13)10-17/h3-10H,2H2,1H3. The molecule has 0 atom stereocenters. The lowest BCUT2D eigenvalue weighted by Gasteiger charge is -2.06. The summed E-state index contributed by atoms with van der Waals surface area (Å²) in [6.45, 7) is 2.08. The SMILES string of the molecule is CCc1ccc(-c2cccc(F)c2C=O)cc1. The summed E-state index contributed by atoms with van der Waals surface area (Å²) in [4.78, 5) is 10.9. The number of aryl methyl sites for hydroxylation is 1. The summed E-state index contributed by atoms with van der Waals surface area (Å²) in [5, 5.41) is 0. The molecule has 0 amide bonds. The molecule has 0 radical (unpaired) electrons. The van der Waals surface area contributed by atoms with Crippen molar-refractivity contribution in [1.82, 2.24) is 0 Å². The van der Waals surface area contributed by atoms with Gasteiger partial charge in [-0.15, -0.1) is 0 Å². The Morgan fingerprint density at radius 3 is 2.41 bits per heavy atom. The molecule has 0 spiro atoms. The van der Waals surface area contributed by atoms with E-state index in [2.05, 4.69) is 6.92 Å². The Kier molecular flexibility index (Phi) is 3.33. The molecular weight excluding hydrogens is 215 g/mol. The van der Waals surface area contributed by atoms with Crippen molar-refractivity contribution in [2.75, 3.05) is 0 Å². The third-order valence-electron chi connectivity index (χ3n) is 2.84. The minimum absolute atomic E-state index is 0.122. The van der Waals surface area contributed by atoms with E-state index in [-0.39, 0.29) is 5.56 Å². The van der Waals surface area contributed by atoms with Crippen molar-refractivity contribution in [2.45, 2.75) is 13.3 Å². The number of carbonyl (C=O) groups excluding carboxylic acids is 1. The molecule has 0 saturated carbocycles. The molecule has 0 bridgehead atoms. The molecule has 0 unspecified atom stereocenters. The topological polar surface area (TPSA) is 17.1 Å². The summed E-state index contributed by atoms with van der Waals surface area (Å²) in [6.07, 6.45) is 1.53. The zero-order valence-electron chi connectivity index (χ0n) is 9.61. The summed E-state index contributed by atoms with van der Waals surface area (Å²) in [7, 11) is 0. The van der Waals surface area contributed by atoms with Crippen LogP contribution in [-0.4, -0.2) is 6.29 Å². The Bertz CT molecular complexity index is 529. The molecule has 2 heteroatoms. The van der Waals surface area contributed by atoms with E-state index in [0.717, 1.165) is 12.0 Å². The van der Waals surface area contributed by atoms with Gasteiger partial charge in [0, 0.05) is 0 Å². The highest BCUT2D eigenvalue weighted by molar-refractivity contribution is 5.87. The quantitative estimate of drug-likeness (QED) is 0.729. The predicted molar refractivity (Wildman–Crippen MR) is 66.6 cm³/mol. The number of benzene rings is 2. The highest BCUT2D eigenvalue weighted by atomic mass is 19.1. The smallest absolute Gasteiger partial charge is 0.153 e. The molecule has 0 heterocycles. The molecule has 0 aliphatic rings. The first kappa shape index (κ1) is 11.5. The van der Waals surface area contributed by atoms with Crippen LogP contribution in [0.4, 0.5) is 4.39 Å². The number of halogens is 1. The van der Waals surface area contributed by atoms with E-state index in [9.17, 15) is 9.18 Å². The van der Waals surface area contributed by atoms with Crippen LogP contribution in [0, 0.1) is 5.82 Å². The molecule has 0 aliphatic carbocycles. The lowest BCUT2D eigenvalue weighted by Crippen LogP contribution is -1.92. The zero-order chi connectivity index (χ0) is 12.3. The Labute approximate surface area is 99.9 Å². The van der Waals surface area contributed by atoms with Gasteiger partial charge >= 0.3 is 0 Å². The van der Waals surface area contributed by atoms with Gasteiger partial charge in [0.2, 0.25) is 0 Å². The molecule has 2 aromatic rings. The van der Waals surface area contributed by atoms with Crippen molar-refractivity contribution in [3.63, 3.8) is 0 Å². The van der Waals surface area contributed by atoms with E-state index in [1.54, 1.807) is 12.1 Å². The minimum atomic E-state index is -0.475. The third kappa shape index (κ3) is 2.26. The van der Waals surface area contributed by atoms with Crippen molar-refractivity contribution >= 4 is 6.29 Å². The van der Waals surface area contributed by atoms with Crippen LogP contribution in [0.2, 0.25) is 0 Å². The lowest BCUT2D eigenvalue weighted by atomic mass is 9.98. The molecule has 2 rings (SSSR count). The van der Waals surface area contributed by atoms with Gasteiger partial charge in [0.05, 0.1) is 5.56 Å². The molecule has 0 fully saturated rings. The van der Waals surface area contributed by atoms with Gasteiger partial charge < -0.3 is 0 Å². The first-order chi connectivity index (χ1) is 8.26. The lowest BCUT2D eigenvalue weighted by molar-refractivity contribution is 0.112. The van der Waals surface area contributed by atoms with Gasteiger partial charge in [0.1, 0.15) is 5.82 Å². The Morgan fingerprint density at radius 1 is 1.12 bits per heavy atom. The van der Waals surface area contributed by atoms with Crippen LogP contribution in [0.3, 0.4) is 0 Å². The maximum Gasteiger partial charge on any atom is 0.153 e. The van der Waals surface area contributed by atoms with Crippen molar-refractivity contribution in [2.24, 2.45) is 0 Å². The second kappa shape index (κ2) is 4.91. The first-order valence-electron chi connectivity index (χ1n) is 5.59. The number of carbonyl (C=O) groups is 1. The Morgan fingerprint density at radius 2 is 1.82 bits per heavy atom. The van der Waals surface area contributed by atoms with E-state index >= 15 is 0 Å². The molecule has 0 saturated heterocycles. The molecular formula is C15H13FO. The van der Waals surface area contributed by atoms with Crippen LogP contribution in [0.15, 0.2) is 42.5 Å². The van der Waals surface area contributed by atoms with Crippen LogP contribution < -0.4 is 0 Å². The van der Waals surface area contributed by atoms with E-state index in [4.69, 9.17) is 0 Å². The molecule has 2 aromatic carbocycles. The van der Waals surface area contributed by atoms with Crippen LogP contribution in [0.5, 0.6) is 0 Å². The second-order valence-electron chi connectivity index (χ2n) is 3.87. The third-order valence-corrected chi connectivity index (χ3v) is 2.84. The van der Waals surface area contributed by atoms with Crippen molar-refractivity contribution < 1.29 is 9.18 Å². The summed E-state index contributed by atoms with van der Waals surface area (Å²) in [5.41, 5.74) is 2.85. The number of hydrogen-bond donors (Lipinski definition) is 0. The first-order valence-corrected chi connectivity index (χ1v) is 5.59. The van der Waals surface area contributed by atoms with Crippen molar-refractivity contribution in [1.29, 1.82) is 0 Å². The molecule has 0 aliphatic heterocycles. The largest absolute Gasteiger partial charge is 0.298 e. The molecule has 86 valence electrons. The fourth-order valence-electron chi connectivity index (χ4n) is 1.83. The van der Waals surface area contributed by atoms with Crippen LogP contribution in [0.1, 0.15) is 22.8 Å². The summed E-state index contributed by atoms with van der Waals surface area (Å²) in [6, 6.07) is 12.5. The van der Waals surface area contributed by atoms with Gasteiger partial charge in [0.15, 0.2) is 6.29 Å². The zero-order valence-corrected chi connectivity index (χ0v) is 9.61. The van der Waals surface area contributed by atoms with Gasteiger partial charge in [-0.05, 0) is 29.2 Å². The Hall–Kier alpha value is -1.96. The maximum atomic E-state index is 13.5. The molecule has 1 nitrogen and oxygen atoms in total. The normalized spacial score (nSPS) is 10.2. The maximum absolute atomic E-state index is 13.5. The van der Waals surface area contributed by atoms with Gasteiger partial charge in [-0.1, -0.05) is 43.3 Å². The van der Waals surface area contributed by atoms with Gasteiger partial charge in [-0.3, -0.25) is 4.79 Å². The predicted octanol–water partition coefficient (Wildman–Crippen LogP) is 3.87. The van der Waals surface area contributed by atoms with Crippen molar-refractivity contribution in [3.8, 4) is 11.1 Å². The van der Waals surface area contributed by atoms with Crippen LogP contribution in [0.25, 0.3) is 11.1 Å². The van der Waals surface area contributed by atoms with Crippen molar-refractivity contribution in [3.05, 3.63) is 59.4 Å². The number of rotatable bonds is 3. The summed E-state index contributed by atoms with van der Waals surface area (Å²) < 4.78 is 13.5. The highest BCUT2D eigenvalue weighted by Gasteiger charge is 2.08. The molecule has 17 heavy (non-hydrogen) atoms. The van der Waals surface area contributed by atoms with Crippen LogP contribution >= 0.6 is 0 Å². The number of aldehydes is 1. The van der Waals surface area contributed by atoms with E-state index in [0.29, 0.717) is 11.8 Å². The monoisotopic (exact) mass is 228 g/mol. The molecule has 0 aromatic heterocycles. The van der Waals surface area contributed by atoms with E-state index in [1.165, 1.54) is 11.6 Å². The van der Waals surface area contributed by atoms with Gasteiger partial charge in [-0.2, -0.15) is 0 Å². The second-order valence-corrected chi connectivity index (χ2v) is 3.87. The minimum Gasteiger partial charge on any atom is -0.298 e. The summed E-state index contributed by atoms with van der Waals surface area (Å²) >= 11 is 0. The van der Waals surface area contributed by atoms with Gasteiger partial charge in [0.25, 0.3) is 0 Å². The Balaban J connectivity index is 2.52. The summed E-state index contributed by atoms with van der Waals surface area (Å²) in [5.74, 6) is -0.475. The van der Waals surface area contributed by atoms with Gasteiger partial charge in [-0.25, -0.2) is 4.39 Å². The van der Waals surface area contributed by atoms with E-state index < -0.39 is 5.82 Å². The average molecular weight is 228 g/mol. The number of hydrogen-bond acceptors (Lipinski definition) is 1. The fourth-order valence-corrected chi connectivity index (χ4v) is 1.83. The van der Waals surface area contributed by atoms with Crippen LogP contribution in [-0.2, 0) is 6.42 Å². The highest BCUT2D eigenvalue weighted by Crippen LogP contribution is 2.24. The fraction of sp³-hybridized carbons (Fsp3) is 0.133.